The van der Waals surface area contributed by atoms with Gasteiger partial charge in [-0.1, -0.05) is 5.16 Å². The van der Waals surface area contributed by atoms with Gasteiger partial charge in [0.2, 0.25) is 6.34 Å². The van der Waals surface area contributed by atoms with Gasteiger partial charge in [0.05, 0.1) is 0 Å². The molecule has 5 heavy (non-hydrogen) atoms. The van der Waals surface area contributed by atoms with Crippen LogP contribution in [0.1, 0.15) is 0 Å². The highest BCUT2D eigenvalue weighted by Gasteiger charge is 1.86. The zero-order chi connectivity index (χ0) is 3.54. The minimum absolute atomic E-state index is 1.33. The number of rotatable bonds is 0. The van der Waals surface area contributed by atoms with Crippen molar-refractivity contribution in [2.24, 2.45) is 5.16 Å². The summed E-state index contributed by atoms with van der Waals surface area (Å²) in [5.41, 5.74) is 0. The SMILES string of the molecule is [C]1=NO[CH]N1. The van der Waals surface area contributed by atoms with E-state index in [2.05, 4.69) is 21.6 Å². The van der Waals surface area contributed by atoms with E-state index >= 15 is 0 Å². The van der Waals surface area contributed by atoms with Crippen LogP contribution in [0.15, 0.2) is 5.16 Å². The lowest BCUT2D eigenvalue weighted by Gasteiger charge is -1.75. The summed E-state index contributed by atoms with van der Waals surface area (Å²) < 4.78 is 0. The molecule has 1 N–H and O–H groups in total. The van der Waals surface area contributed by atoms with Gasteiger partial charge < -0.3 is 10.2 Å². The van der Waals surface area contributed by atoms with Crippen molar-refractivity contribution in [1.82, 2.24) is 5.32 Å². The van der Waals surface area contributed by atoms with Crippen molar-refractivity contribution in [3.8, 4) is 0 Å². The Morgan fingerprint density at radius 1 is 2.00 bits per heavy atom. The Balaban J connectivity index is 2.32. The number of nitrogens with zero attached hydrogens (tertiary/aromatic N) is 1. The summed E-state index contributed by atoms with van der Waals surface area (Å²) in [7, 11) is 0. The Hall–Kier alpha value is -0.730. The zero-order valence-corrected chi connectivity index (χ0v) is 2.43. The van der Waals surface area contributed by atoms with Crippen LogP contribution in [0.2, 0.25) is 0 Å². The molecule has 0 bridgehead atoms. The Kier molecular flexibility index (Phi) is 0.463. The summed E-state index contributed by atoms with van der Waals surface area (Å²) in [4.78, 5) is 4.22. The Morgan fingerprint density at radius 3 is 3.20 bits per heavy atom. The van der Waals surface area contributed by atoms with Crippen molar-refractivity contribution in [2.75, 3.05) is 0 Å². The zero-order valence-electron chi connectivity index (χ0n) is 2.43. The minimum atomic E-state index is 1.33. The monoisotopic (exact) mass is 70.0 g/mol. The second-order valence-electron chi connectivity index (χ2n) is 0.571. The molecule has 0 aromatic heterocycles. The van der Waals surface area contributed by atoms with E-state index in [0.717, 1.165) is 0 Å². The second-order valence-corrected chi connectivity index (χ2v) is 0.571. The molecular formula is C2H2N2O. The van der Waals surface area contributed by atoms with Crippen molar-refractivity contribution < 1.29 is 4.84 Å². The average Bonchev–Trinajstić information content (AvgIpc) is 1.76. The predicted molar refractivity (Wildman–Crippen MR) is 16.0 cm³/mol. The highest BCUT2D eigenvalue weighted by molar-refractivity contribution is 5.55. The third-order valence-electron chi connectivity index (χ3n) is 0.275. The molecule has 2 radical (unpaired) electrons. The van der Waals surface area contributed by atoms with Crippen LogP contribution < -0.4 is 5.32 Å². The first kappa shape index (κ1) is 2.50. The minimum Gasteiger partial charge on any atom is -0.362 e. The van der Waals surface area contributed by atoms with Crippen LogP contribution in [0.4, 0.5) is 0 Å². The van der Waals surface area contributed by atoms with Gasteiger partial charge in [0.15, 0.2) is 0 Å². The van der Waals surface area contributed by atoms with E-state index in [-0.39, 0.29) is 0 Å². The average molecular weight is 70.1 g/mol. The molecule has 0 aliphatic carbocycles. The van der Waals surface area contributed by atoms with E-state index in [1.165, 1.54) is 6.73 Å². The van der Waals surface area contributed by atoms with E-state index in [0.29, 0.717) is 0 Å². The van der Waals surface area contributed by atoms with Crippen LogP contribution in [0.3, 0.4) is 0 Å². The Bertz CT molecular complexity index is 45.6. The van der Waals surface area contributed by atoms with E-state index in [4.69, 9.17) is 0 Å². The number of hydrogen-bond donors (Lipinski definition) is 1. The fraction of sp³-hybridized carbons (Fsp3) is 0. The highest BCUT2D eigenvalue weighted by atomic mass is 16.6. The summed E-state index contributed by atoms with van der Waals surface area (Å²) in [6.07, 6.45) is 2.32. The highest BCUT2D eigenvalue weighted by Crippen LogP contribution is 1.79. The molecule has 0 aromatic rings. The fourth-order valence-corrected chi connectivity index (χ4v) is 0.132. The molecule has 1 aliphatic heterocycles. The summed E-state index contributed by atoms with van der Waals surface area (Å²) >= 11 is 0. The van der Waals surface area contributed by atoms with Crippen molar-refractivity contribution in [3.63, 3.8) is 0 Å². The number of hydrogen-bond acceptors (Lipinski definition) is 3. The van der Waals surface area contributed by atoms with E-state index in [9.17, 15) is 0 Å². The molecule has 1 aliphatic rings. The van der Waals surface area contributed by atoms with Crippen molar-refractivity contribution in [3.05, 3.63) is 6.73 Å². The van der Waals surface area contributed by atoms with E-state index < -0.39 is 0 Å². The first-order chi connectivity index (χ1) is 2.50. The topological polar surface area (TPSA) is 33.6 Å². The van der Waals surface area contributed by atoms with E-state index in [1.807, 2.05) is 0 Å². The largest absolute Gasteiger partial charge is 0.362 e. The normalized spacial score (nSPS) is 17.6. The summed E-state index contributed by atoms with van der Waals surface area (Å²) in [5.74, 6) is 0. The van der Waals surface area contributed by atoms with Gasteiger partial charge in [-0.05, 0) is 0 Å². The molecule has 0 spiro atoms. The van der Waals surface area contributed by atoms with Crippen LogP contribution in [-0.2, 0) is 4.84 Å². The third kappa shape index (κ3) is 0.289. The third-order valence-corrected chi connectivity index (χ3v) is 0.275. The lowest BCUT2D eigenvalue weighted by molar-refractivity contribution is 0.228. The molecule has 0 saturated carbocycles. The molecule has 3 heteroatoms. The van der Waals surface area contributed by atoms with E-state index in [1.54, 1.807) is 0 Å². The fourth-order valence-electron chi connectivity index (χ4n) is 0.132. The van der Waals surface area contributed by atoms with Gasteiger partial charge in [-0.25, -0.2) is 0 Å². The van der Waals surface area contributed by atoms with Crippen molar-refractivity contribution in [2.45, 2.75) is 0 Å². The van der Waals surface area contributed by atoms with Gasteiger partial charge in [0, 0.05) is 0 Å². The molecule has 0 amide bonds. The van der Waals surface area contributed by atoms with Crippen LogP contribution in [0.5, 0.6) is 0 Å². The molecular weight excluding hydrogens is 68.0 g/mol. The van der Waals surface area contributed by atoms with Crippen LogP contribution >= 0.6 is 0 Å². The lowest BCUT2D eigenvalue weighted by Crippen LogP contribution is -1.96. The predicted octanol–water partition coefficient (Wildman–Crippen LogP) is -0.454. The first-order valence-corrected chi connectivity index (χ1v) is 1.18. The first-order valence-electron chi connectivity index (χ1n) is 1.18. The molecule has 1 rings (SSSR count). The van der Waals surface area contributed by atoms with Gasteiger partial charge in [-0.3, -0.25) is 0 Å². The summed E-state index contributed by atoms with van der Waals surface area (Å²) in [5, 5.41) is 5.62. The molecule has 3 nitrogen and oxygen atoms in total. The van der Waals surface area contributed by atoms with Gasteiger partial charge in [0.25, 0.3) is 6.73 Å². The Labute approximate surface area is 29.6 Å². The van der Waals surface area contributed by atoms with Crippen molar-refractivity contribution in [1.29, 1.82) is 0 Å². The lowest BCUT2D eigenvalue weighted by atomic mass is 11.2. The van der Waals surface area contributed by atoms with Crippen LogP contribution in [-0.4, -0.2) is 6.34 Å². The second kappa shape index (κ2) is 0.924. The van der Waals surface area contributed by atoms with Gasteiger partial charge in [-0.2, -0.15) is 0 Å². The molecule has 0 unspecified atom stereocenters. The van der Waals surface area contributed by atoms with Crippen LogP contribution in [0.25, 0.3) is 0 Å². The quantitative estimate of drug-likeness (QED) is 0.418. The summed E-state index contributed by atoms with van der Waals surface area (Å²) in [6, 6.07) is 0. The van der Waals surface area contributed by atoms with Gasteiger partial charge in [-0.15, -0.1) is 0 Å². The molecule has 1 heterocycles. The Morgan fingerprint density at radius 2 is 3.00 bits per heavy atom. The standard InChI is InChI=1S/C2H2N2O/c1-3-2-5-4-1/h2H,(H,3,4). The molecule has 0 atom stereocenters. The molecule has 0 saturated heterocycles. The molecule has 0 fully saturated rings. The van der Waals surface area contributed by atoms with Crippen molar-refractivity contribution >= 4 is 6.34 Å². The smallest absolute Gasteiger partial charge is 0.257 e. The number of nitrogens with one attached hydrogen (secondary N) is 1. The maximum Gasteiger partial charge on any atom is 0.257 e. The van der Waals surface area contributed by atoms with Crippen LogP contribution in [0, 0.1) is 6.73 Å². The maximum atomic E-state index is 4.22. The molecule has 0 aromatic carbocycles. The molecule has 26 valence electrons. The maximum absolute atomic E-state index is 4.22. The van der Waals surface area contributed by atoms with Gasteiger partial charge in [0.1, 0.15) is 0 Å². The van der Waals surface area contributed by atoms with Gasteiger partial charge >= 0.3 is 0 Å². The summed E-state index contributed by atoms with van der Waals surface area (Å²) in [6.45, 7) is 1.33.